The van der Waals surface area contributed by atoms with Crippen molar-refractivity contribution in [2.24, 2.45) is 0 Å². The third-order valence-corrected chi connectivity index (χ3v) is 8.55. The molecule has 0 N–H and O–H groups in total. The SMILES string of the molecule is O=Cc1c(-c2cccc3ccccc23)c(-c2cccc3ccccc23)c(-c2cccc3ccccc23)c2ccccc12. The summed E-state index contributed by atoms with van der Waals surface area (Å²) in [6.45, 7) is 0. The van der Waals surface area contributed by atoms with Gasteiger partial charge in [0.15, 0.2) is 6.29 Å². The van der Waals surface area contributed by atoms with Crippen LogP contribution in [-0.2, 0) is 0 Å². The third kappa shape index (κ3) is 3.68. The van der Waals surface area contributed by atoms with E-state index >= 15 is 0 Å². The average Bonchev–Trinajstić information content (AvgIpc) is 3.06. The zero-order valence-corrected chi connectivity index (χ0v) is 22.9. The first-order valence-electron chi connectivity index (χ1n) is 14.3. The van der Waals surface area contributed by atoms with E-state index in [0.29, 0.717) is 5.56 Å². The van der Waals surface area contributed by atoms with Crippen LogP contribution >= 0.6 is 0 Å². The summed E-state index contributed by atoms with van der Waals surface area (Å²) < 4.78 is 0. The fourth-order valence-electron chi connectivity index (χ4n) is 6.75. The maximum Gasteiger partial charge on any atom is 0.151 e. The van der Waals surface area contributed by atoms with Crippen LogP contribution < -0.4 is 0 Å². The van der Waals surface area contributed by atoms with Gasteiger partial charge in [-0.15, -0.1) is 0 Å². The molecular formula is C41H26O. The van der Waals surface area contributed by atoms with Crippen molar-refractivity contribution in [1.82, 2.24) is 0 Å². The molecule has 0 bridgehead atoms. The van der Waals surface area contributed by atoms with E-state index in [9.17, 15) is 4.79 Å². The van der Waals surface area contributed by atoms with Crippen LogP contribution in [0.25, 0.3) is 76.5 Å². The molecule has 0 unspecified atom stereocenters. The second kappa shape index (κ2) is 9.83. The first kappa shape index (κ1) is 24.3. The highest BCUT2D eigenvalue weighted by Gasteiger charge is 2.25. The summed E-state index contributed by atoms with van der Waals surface area (Å²) in [6.07, 6.45) is 1.06. The molecule has 8 aromatic rings. The maximum absolute atomic E-state index is 13.3. The Morgan fingerprint density at radius 1 is 0.310 bits per heavy atom. The molecule has 8 aromatic carbocycles. The van der Waals surface area contributed by atoms with Crippen LogP contribution in [-0.4, -0.2) is 6.29 Å². The molecule has 8 rings (SSSR count). The van der Waals surface area contributed by atoms with E-state index in [1.807, 2.05) is 6.07 Å². The summed E-state index contributed by atoms with van der Waals surface area (Å²) >= 11 is 0. The normalized spacial score (nSPS) is 11.4. The highest BCUT2D eigenvalue weighted by atomic mass is 16.1. The minimum atomic E-state index is 0.717. The molecule has 0 aliphatic rings. The monoisotopic (exact) mass is 534 g/mol. The van der Waals surface area contributed by atoms with Crippen LogP contribution in [0.5, 0.6) is 0 Å². The second-order valence-corrected chi connectivity index (χ2v) is 10.8. The number of hydrogen-bond donors (Lipinski definition) is 0. The van der Waals surface area contributed by atoms with E-state index in [1.54, 1.807) is 0 Å². The topological polar surface area (TPSA) is 17.1 Å². The van der Waals surface area contributed by atoms with Crippen molar-refractivity contribution in [3.8, 4) is 33.4 Å². The molecule has 0 aliphatic carbocycles. The van der Waals surface area contributed by atoms with Crippen molar-refractivity contribution in [3.63, 3.8) is 0 Å². The Balaban J connectivity index is 1.68. The zero-order chi connectivity index (χ0) is 28.0. The molecule has 1 nitrogen and oxygen atoms in total. The minimum Gasteiger partial charge on any atom is -0.298 e. The third-order valence-electron chi connectivity index (χ3n) is 8.55. The van der Waals surface area contributed by atoms with Crippen molar-refractivity contribution in [3.05, 3.63) is 157 Å². The van der Waals surface area contributed by atoms with Crippen LogP contribution in [0, 0.1) is 0 Å². The maximum atomic E-state index is 13.3. The molecule has 196 valence electrons. The number of carbonyl (C=O) groups excluding carboxylic acids is 1. The fraction of sp³-hybridized carbons (Fsp3) is 0. The largest absolute Gasteiger partial charge is 0.298 e. The molecule has 0 aromatic heterocycles. The minimum absolute atomic E-state index is 0.717. The number of hydrogen-bond acceptors (Lipinski definition) is 1. The summed E-state index contributed by atoms with van der Waals surface area (Å²) in [4.78, 5) is 13.3. The predicted molar refractivity (Wildman–Crippen MR) is 178 cm³/mol. The average molecular weight is 535 g/mol. The Hall–Kier alpha value is -5.53. The molecule has 42 heavy (non-hydrogen) atoms. The lowest BCUT2D eigenvalue weighted by Gasteiger charge is -2.24. The molecule has 0 fully saturated rings. The van der Waals surface area contributed by atoms with Crippen molar-refractivity contribution >= 4 is 49.4 Å². The summed E-state index contributed by atoms with van der Waals surface area (Å²) in [6, 6.07) is 53.4. The number of benzene rings is 8. The standard InChI is InChI=1S/C41H26O/c42-26-38-33-21-7-8-22-37(33)39(34-23-9-15-27-12-1-4-18-30(27)34)41(36-25-11-17-29-14-3-6-20-32(29)36)40(38)35-24-10-16-28-13-2-5-19-31(28)35/h1-26H. The van der Waals surface area contributed by atoms with E-state index in [4.69, 9.17) is 0 Å². The second-order valence-electron chi connectivity index (χ2n) is 10.8. The van der Waals surface area contributed by atoms with Gasteiger partial charge >= 0.3 is 0 Å². The van der Waals surface area contributed by atoms with Crippen molar-refractivity contribution in [1.29, 1.82) is 0 Å². The molecule has 0 radical (unpaired) electrons. The molecule has 0 aliphatic heterocycles. The number of carbonyl (C=O) groups is 1. The lowest BCUT2D eigenvalue weighted by atomic mass is 9.78. The van der Waals surface area contributed by atoms with Gasteiger partial charge in [0.25, 0.3) is 0 Å². The van der Waals surface area contributed by atoms with E-state index in [1.165, 1.54) is 16.2 Å². The van der Waals surface area contributed by atoms with E-state index in [0.717, 1.165) is 66.6 Å². The molecule has 0 spiro atoms. The van der Waals surface area contributed by atoms with Crippen LogP contribution in [0.4, 0.5) is 0 Å². The Bertz CT molecular complexity index is 2310. The number of aldehydes is 1. The summed E-state index contributed by atoms with van der Waals surface area (Å²) in [5, 5.41) is 9.02. The Kier molecular flexibility index (Phi) is 5.68. The van der Waals surface area contributed by atoms with Crippen LogP contribution in [0.1, 0.15) is 10.4 Å². The highest BCUT2D eigenvalue weighted by molar-refractivity contribution is 6.23. The Morgan fingerprint density at radius 3 is 1.14 bits per heavy atom. The van der Waals surface area contributed by atoms with Gasteiger partial charge in [-0.3, -0.25) is 4.79 Å². The van der Waals surface area contributed by atoms with Crippen molar-refractivity contribution < 1.29 is 4.79 Å². The molecule has 0 heterocycles. The van der Waals surface area contributed by atoms with Crippen molar-refractivity contribution in [2.75, 3.05) is 0 Å². The fourth-order valence-corrected chi connectivity index (χ4v) is 6.75. The predicted octanol–water partition coefficient (Wildman–Crippen LogP) is 11.1. The quantitative estimate of drug-likeness (QED) is 0.205. The number of rotatable bonds is 4. The lowest BCUT2D eigenvalue weighted by molar-refractivity contribution is 0.112. The van der Waals surface area contributed by atoms with Crippen LogP contribution in [0.2, 0.25) is 0 Å². The summed E-state index contributed by atoms with van der Waals surface area (Å²) in [7, 11) is 0. The van der Waals surface area contributed by atoms with E-state index < -0.39 is 0 Å². The first-order valence-corrected chi connectivity index (χ1v) is 14.3. The molecule has 0 saturated heterocycles. The summed E-state index contributed by atoms with van der Waals surface area (Å²) in [5.41, 5.74) is 7.26. The van der Waals surface area contributed by atoms with Gasteiger partial charge in [0.1, 0.15) is 0 Å². The molecule has 0 atom stereocenters. The van der Waals surface area contributed by atoms with Crippen molar-refractivity contribution in [2.45, 2.75) is 0 Å². The van der Waals surface area contributed by atoms with E-state index in [2.05, 4.69) is 146 Å². The molecule has 1 heteroatoms. The van der Waals surface area contributed by atoms with Gasteiger partial charge < -0.3 is 0 Å². The summed E-state index contributed by atoms with van der Waals surface area (Å²) in [5.74, 6) is 0. The van der Waals surface area contributed by atoms with Gasteiger partial charge in [-0.1, -0.05) is 152 Å². The van der Waals surface area contributed by atoms with Gasteiger partial charge in [0.05, 0.1) is 0 Å². The van der Waals surface area contributed by atoms with Gasteiger partial charge in [-0.05, 0) is 70.9 Å². The number of fused-ring (bicyclic) bond motifs is 4. The van der Waals surface area contributed by atoms with Gasteiger partial charge in [0, 0.05) is 11.1 Å². The van der Waals surface area contributed by atoms with Crippen LogP contribution in [0.3, 0.4) is 0 Å². The van der Waals surface area contributed by atoms with Crippen LogP contribution in [0.15, 0.2) is 152 Å². The highest BCUT2D eigenvalue weighted by Crippen LogP contribution is 2.50. The lowest BCUT2D eigenvalue weighted by Crippen LogP contribution is -2.00. The van der Waals surface area contributed by atoms with E-state index in [-0.39, 0.29) is 0 Å². The Morgan fingerprint density at radius 2 is 0.667 bits per heavy atom. The molecule has 0 amide bonds. The smallest absolute Gasteiger partial charge is 0.151 e. The Labute approximate surface area is 244 Å². The van der Waals surface area contributed by atoms with Gasteiger partial charge in [-0.2, -0.15) is 0 Å². The molecular weight excluding hydrogens is 508 g/mol. The van der Waals surface area contributed by atoms with Gasteiger partial charge in [0.2, 0.25) is 0 Å². The first-order chi connectivity index (χ1) is 20.8. The molecule has 0 saturated carbocycles. The zero-order valence-electron chi connectivity index (χ0n) is 22.9. The van der Waals surface area contributed by atoms with Gasteiger partial charge in [-0.25, -0.2) is 0 Å².